The number of ether oxygens (including phenoxy) is 1. The highest BCUT2D eigenvalue weighted by molar-refractivity contribution is 5.97. The average Bonchev–Trinajstić information content (AvgIpc) is 3.25. The number of benzene rings is 2. The van der Waals surface area contributed by atoms with Crippen molar-refractivity contribution in [3.63, 3.8) is 0 Å². The highest BCUT2D eigenvalue weighted by atomic mass is 16.5. The Morgan fingerprint density at radius 3 is 2.50 bits per heavy atom. The van der Waals surface area contributed by atoms with Gasteiger partial charge in [-0.1, -0.05) is 42.5 Å². The molecular weight excluding hydrogens is 540 g/mol. The van der Waals surface area contributed by atoms with Gasteiger partial charge < -0.3 is 26.0 Å². The molecular formula is C30H34N6O6. The second-order valence-corrected chi connectivity index (χ2v) is 10.8. The lowest BCUT2D eigenvalue weighted by molar-refractivity contribution is -0.145. The van der Waals surface area contributed by atoms with Gasteiger partial charge in [-0.25, -0.2) is 9.78 Å². The summed E-state index contributed by atoms with van der Waals surface area (Å²) in [5.41, 5.74) is 0.432. The number of hydrogen-bond donors (Lipinski definition) is 4. The summed E-state index contributed by atoms with van der Waals surface area (Å²) >= 11 is 0. The first-order valence-corrected chi connectivity index (χ1v) is 13.6. The van der Waals surface area contributed by atoms with Crippen LogP contribution in [0.25, 0.3) is 10.8 Å². The molecule has 0 saturated carbocycles. The third kappa shape index (κ3) is 7.65. The summed E-state index contributed by atoms with van der Waals surface area (Å²) in [4.78, 5) is 71.7. The molecule has 0 radical (unpaired) electrons. The molecule has 12 heteroatoms. The van der Waals surface area contributed by atoms with Crippen molar-refractivity contribution in [2.45, 2.75) is 50.7 Å². The minimum Gasteiger partial charge on any atom is -0.467 e. The number of nitrogens with one attached hydrogen (secondary N) is 4. The number of nitrogens with zero attached hydrogens (tertiary/aromatic N) is 2. The molecule has 4 amide bonds. The second kappa shape index (κ2) is 13.2. The topological polar surface area (TPSA) is 168 Å². The van der Waals surface area contributed by atoms with E-state index in [0.717, 1.165) is 16.3 Å². The van der Waals surface area contributed by atoms with Crippen LogP contribution < -0.4 is 21.3 Å². The van der Waals surface area contributed by atoms with E-state index in [1.54, 1.807) is 0 Å². The van der Waals surface area contributed by atoms with Crippen molar-refractivity contribution in [3.8, 4) is 0 Å². The number of amides is 4. The zero-order valence-electron chi connectivity index (χ0n) is 23.7. The van der Waals surface area contributed by atoms with E-state index in [4.69, 9.17) is 4.74 Å². The Balaban J connectivity index is 1.45. The van der Waals surface area contributed by atoms with E-state index in [1.165, 1.54) is 25.7 Å². The Kier molecular flexibility index (Phi) is 9.46. The van der Waals surface area contributed by atoms with Gasteiger partial charge in [0.05, 0.1) is 19.9 Å². The normalized spacial score (nSPS) is 17.0. The Bertz CT molecular complexity index is 1470. The number of fused-ring (bicyclic) bond motifs is 1. The molecule has 1 saturated heterocycles. The van der Waals surface area contributed by atoms with Crippen LogP contribution in [-0.2, 0) is 30.3 Å². The van der Waals surface area contributed by atoms with E-state index in [2.05, 4.69) is 31.2 Å². The van der Waals surface area contributed by atoms with Gasteiger partial charge in [-0.3, -0.25) is 24.2 Å². The van der Waals surface area contributed by atoms with Crippen LogP contribution in [0, 0.1) is 5.92 Å². The third-order valence-corrected chi connectivity index (χ3v) is 7.08. The molecule has 12 nitrogen and oxygen atoms in total. The molecule has 3 unspecified atom stereocenters. The van der Waals surface area contributed by atoms with Crippen molar-refractivity contribution in [1.82, 2.24) is 31.2 Å². The highest BCUT2D eigenvalue weighted by Gasteiger charge is 2.40. The van der Waals surface area contributed by atoms with Crippen molar-refractivity contribution < 1.29 is 28.7 Å². The number of aromatic nitrogens is 2. The molecule has 3 aromatic rings. The van der Waals surface area contributed by atoms with Gasteiger partial charge in [0.25, 0.3) is 5.91 Å². The van der Waals surface area contributed by atoms with Crippen LogP contribution in [0.2, 0.25) is 0 Å². The molecule has 220 valence electrons. The molecule has 0 spiro atoms. The summed E-state index contributed by atoms with van der Waals surface area (Å²) in [5.74, 6) is -3.25. The minimum atomic E-state index is -1.08. The zero-order valence-corrected chi connectivity index (χ0v) is 23.7. The van der Waals surface area contributed by atoms with Crippen LogP contribution in [0.3, 0.4) is 0 Å². The number of carbonyl (C=O) groups excluding carboxylic acids is 5. The van der Waals surface area contributed by atoms with E-state index >= 15 is 0 Å². The van der Waals surface area contributed by atoms with E-state index in [1.807, 2.05) is 56.3 Å². The molecule has 0 aliphatic carbocycles. The number of esters is 1. The lowest BCUT2D eigenvalue weighted by atomic mass is 9.91. The number of rotatable bonds is 11. The maximum Gasteiger partial charge on any atom is 0.328 e. The van der Waals surface area contributed by atoms with Gasteiger partial charge in [-0.05, 0) is 43.0 Å². The molecule has 4 N–H and O–H groups in total. The molecule has 1 aliphatic rings. The van der Waals surface area contributed by atoms with Gasteiger partial charge in [0, 0.05) is 30.3 Å². The molecule has 0 bridgehead atoms. The van der Waals surface area contributed by atoms with Crippen molar-refractivity contribution in [3.05, 3.63) is 72.3 Å². The van der Waals surface area contributed by atoms with Gasteiger partial charge in [0.2, 0.25) is 17.7 Å². The fourth-order valence-electron chi connectivity index (χ4n) is 5.11. The fourth-order valence-corrected chi connectivity index (χ4v) is 5.11. The number of methoxy groups -OCH3 is 1. The van der Waals surface area contributed by atoms with E-state index in [-0.39, 0.29) is 24.4 Å². The SMILES string of the molecule is COC(=O)C(CC1CC(C)(C)NC1=O)NC(=O)CNC(=O)C(Cc1cccc2ccccc12)NC(=O)c1cnccn1. The van der Waals surface area contributed by atoms with Crippen molar-refractivity contribution in [2.75, 3.05) is 13.7 Å². The molecule has 2 aromatic carbocycles. The number of hydrogen-bond acceptors (Lipinski definition) is 8. The lowest BCUT2D eigenvalue weighted by Gasteiger charge is -2.21. The van der Waals surface area contributed by atoms with Crippen molar-refractivity contribution in [1.29, 1.82) is 0 Å². The monoisotopic (exact) mass is 574 g/mol. The van der Waals surface area contributed by atoms with Gasteiger partial charge in [0.1, 0.15) is 17.8 Å². The highest BCUT2D eigenvalue weighted by Crippen LogP contribution is 2.28. The summed E-state index contributed by atoms with van der Waals surface area (Å²) in [6, 6.07) is 11.2. The summed E-state index contributed by atoms with van der Waals surface area (Å²) in [6.07, 6.45) is 4.77. The predicted octanol–water partition coefficient (Wildman–Crippen LogP) is 1.05. The van der Waals surface area contributed by atoms with Gasteiger partial charge in [-0.15, -0.1) is 0 Å². The van der Waals surface area contributed by atoms with Crippen LogP contribution in [0.4, 0.5) is 0 Å². The quantitative estimate of drug-likeness (QED) is 0.247. The molecule has 1 fully saturated rings. The molecule has 1 aromatic heterocycles. The Morgan fingerprint density at radius 1 is 1.05 bits per heavy atom. The minimum absolute atomic E-state index is 0.0333. The zero-order chi connectivity index (χ0) is 30.3. The van der Waals surface area contributed by atoms with Gasteiger partial charge in [0.15, 0.2) is 0 Å². The standard InChI is InChI=1S/C30H34N6O6/c1-30(2)15-20(26(38)36-30)14-23(29(41)42-3)34-25(37)17-33-27(39)22(35-28(40)24-16-31-11-12-32-24)13-19-9-6-8-18-7-4-5-10-21(18)19/h4-12,16,20,22-23H,13-15,17H2,1-3H3,(H,33,39)(H,34,37)(H,35,40)(H,36,38). The molecule has 4 rings (SSSR count). The summed E-state index contributed by atoms with van der Waals surface area (Å²) in [6.45, 7) is 3.29. The van der Waals surface area contributed by atoms with E-state index in [9.17, 15) is 24.0 Å². The average molecular weight is 575 g/mol. The smallest absolute Gasteiger partial charge is 0.328 e. The van der Waals surface area contributed by atoms with Crippen LogP contribution in [0.1, 0.15) is 42.7 Å². The van der Waals surface area contributed by atoms with E-state index < -0.39 is 53.8 Å². The lowest BCUT2D eigenvalue weighted by Crippen LogP contribution is -2.52. The second-order valence-electron chi connectivity index (χ2n) is 10.8. The number of carbonyl (C=O) groups is 5. The van der Waals surface area contributed by atoms with Gasteiger partial charge >= 0.3 is 5.97 Å². The van der Waals surface area contributed by atoms with Crippen LogP contribution >= 0.6 is 0 Å². The fraction of sp³-hybridized carbons (Fsp3) is 0.367. The summed E-state index contributed by atoms with van der Waals surface area (Å²) < 4.78 is 4.83. The van der Waals surface area contributed by atoms with Gasteiger partial charge in [-0.2, -0.15) is 0 Å². The Morgan fingerprint density at radius 2 is 1.81 bits per heavy atom. The summed E-state index contributed by atoms with van der Waals surface area (Å²) in [7, 11) is 1.19. The van der Waals surface area contributed by atoms with Crippen molar-refractivity contribution >= 4 is 40.4 Å². The largest absolute Gasteiger partial charge is 0.467 e. The maximum absolute atomic E-state index is 13.3. The molecule has 42 heavy (non-hydrogen) atoms. The predicted molar refractivity (Wildman–Crippen MR) is 153 cm³/mol. The van der Waals surface area contributed by atoms with Crippen LogP contribution in [0.5, 0.6) is 0 Å². The third-order valence-electron chi connectivity index (χ3n) is 7.08. The first kappa shape index (κ1) is 30.1. The molecule has 1 aliphatic heterocycles. The van der Waals surface area contributed by atoms with Crippen LogP contribution in [-0.4, -0.2) is 70.8 Å². The molecule has 2 heterocycles. The van der Waals surface area contributed by atoms with E-state index in [0.29, 0.717) is 6.42 Å². The Labute approximate surface area is 243 Å². The van der Waals surface area contributed by atoms with Crippen molar-refractivity contribution in [2.24, 2.45) is 5.92 Å². The summed E-state index contributed by atoms with van der Waals surface area (Å²) in [5, 5.41) is 12.6. The first-order valence-electron chi connectivity index (χ1n) is 13.6. The van der Waals surface area contributed by atoms with Crippen LogP contribution in [0.15, 0.2) is 61.1 Å². The first-order chi connectivity index (χ1) is 20.1. The maximum atomic E-state index is 13.3. The Hall–Kier alpha value is -4.87. The molecule has 3 atom stereocenters.